The molecule has 0 spiro atoms. The van der Waals surface area contributed by atoms with Gasteiger partial charge >= 0.3 is 0 Å². The highest BCUT2D eigenvalue weighted by Crippen LogP contribution is 2.41. The molecule has 1 N–H and O–H groups in total. The number of aromatic amines is 1. The van der Waals surface area contributed by atoms with Crippen molar-refractivity contribution in [3.05, 3.63) is 59.8 Å². The van der Waals surface area contributed by atoms with Crippen molar-refractivity contribution < 1.29 is 18.3 Å². The fourth-order valence-corrected chi connectivity index (χ4v) is 3.73. The number of imidazole rings is 1. The first kappa shape index (κ1) is 20.3. The Morgan fingerprint density at radius 1 is 1.10 bits per heavy atom. The standard InChI is InChI=1S/C23H25F2N3O2/c1-15-3-4-16(12-26-15)14-30-18-5-6-19(21(11-18)29-2)20-13-27-22(28-20)17-7-9-23(24,25)10-8-17/h3-6,11-13,17H,7-10,14H2,1-2H3,(H,27,28). The molecule has 3 aromatic rings. The largest absolute Gasteiger partial charge is 0.496 e. The number of pyridine rings is 1. The Bertz CT molecular complexity index is 992. The van der Waals surface area contributed by atoms with Crippen molar-refractivity contribution in [3.63, 3.8) is 0 Å². The summed E-state index contributed by atoms with van der Waals surface area (Å²) in [6, 6.07) is 9.56. The Morgan fingerprint density at radius 2 is 1.90 bits per heavy atom. The first-order valence-electron chi connectivity index (χ1n) is 10.1. The van der Waals surface area contributed by atoms with Crippen LogP contribution in [-0.4, -0.2) is 28.0 Å². The van der Waals surface area contributed by atoms with Crippen LogP contribution in [0.2, 0.25) is 0 Å². The second-order valence-corrected chi connectivity index (χ2v) is 7.77. The van der Waals surface area contributed by atoms with Crippen LogP contribution >= 0.6 is 0 Å². The van der Waals surface area contributed by atoms with Gasteiger partial charge in [-0.3, -0.25) is 4.98 Å². The van der Waals surface area contributed by atoms with E-state index in [4.69, 9.17) is 9.47 Å². The molecule has 1 aliphatic rings. The molecule has 7 heteroatoms. The molecule has 4 rings (SSSR count). The Balaban J connectivity index is 1.47. The second-order valence-electron chi connectivity index (χ2n) is 7.77. The summed E-state index contributed by atoms with van der Waals surface area (Å²) < 4.78 is 38.3. The lowest BCUT2D eigenvalue weighted by atomic mass is 9.86. The van der Waals surface area contributed by atoms with Gasteiger partial charge in [-0.1, -0.05) is 6.07 Å². The van der Waals surface area contributed by atoms with Crippen LogP contribution in [0, 0.1) is 6.92 Å². The van der Waals surface area contributed by atoms with Crippen molar-refractivity contribution in [3.8, 4) is 22.8 Å². The van der Waals surface area contributed by atoms with E-state index in [1.807, 2.05) is 37.3 Å². The van der Waals surface area contributed by atoms with Gasteiger partial charge in [-0.2, -0.15) is 0 Å². The van der Waals surface area contributed by atoms with Crippen LogP contribution < -0.4 is 9.47 Å². The summed E-state index contributed by atoms with van der Waals surface area (Å²) in [7, 11) is 1.60. The number of H-pyrrole nitrogens is 1. The van der Waals surface area contributed by atoms with Crippen LogP contribution in [0.25, 0.3) is 11.3 Å². The number of rotatable bonds is 6. The van der Waals surface area contributed by atoms with Gasteiger partial charge in [-0.25, -0.2) is 13.8 Å². The first-order chi connectivity index (χ1) is 14.4. The highest BCUT2D eigenvalue weighted by molar-refractivity contribution is 5.68. The molecule has 1 saturated carbocycles. The van der Waals surface area contributed by atoms with Gasteiger partial charge in [0.2, 0.25) is 5.92 Å². The summed E-state index contributed by atoms with van der Waals surface area (Å²) in [5, 5.41) is 0. The number of aromatic nitrogens is 3. The minimum atomic E-state index is -2.54. The number of alkyl halides is 2. The van der Waals surface area contributed by atoms with Crippen molar-refractivity contribution in [1.82, 2.24) is 15.0 Å². The lowest BCUT2D eigenvalue weighted by Gasteiger charge is -2.26. The average Bonchev–Trinajstić information content (AvgIpc) is 3.23. The Hall–Kier alpha value is -2.96. The summed E-state index contributed by atoms with van der Waals surface area (Å²) in [4.78, 5) is 12.0. The number of aryl methyl sites for hydroxylation is 1. The lowest BCUT2D eigenvalue weighted by molar-refractivity contribution is -0.0387. The van der Waals surface area contributed by atoms with Gasteiger partial charge in [0, 0.05) is 47.8 Å². The zero-order chi connectivity index (χ0) is 21.1. The number of hydrogen-bond donors (Lipinski definition) is 1. The third-order valence-electron chi connectivity index (χ3n) is 5.54. The van der Waals surface area contributed by atoms with E-state index in [9.17, 15) is 8.78 Å². The van der Waals surface area contributed by atoms with E-state index in [-0.39, 0.29) is 18.8 Å². The third-order valence-corrected chi connectivity index (χ3v) is 5.54. The van der Waals surface area contributed by atoms with Crippen LogP contribution in [-0.2, 0) is 6.61 Å². The molecule has 0 aliphatic heterocycles. The molecule has 0 saturated heterocycles. The number of halogens is 2. The van der Waals surface area contributed by atoms with Crippen LogP contribution in [0.5, 0.6) is 11.5 Å². The molecular formula is C23H25F2N3O2. The molecular weight excluding hydrogens is 388 g/mol. The Labute approximate surface area is 174 Å². The van der Waals surface area contributed by atoms with Crippen LogP contribution in [0.4, 0.5) is 8.78 Å². The SMILES string of the molecule is COc1cc(OCc2ccc(C)nc2)ccc1-c1cnc(C2CCC(F)(F)CC2)[nH]1. The number of hydrogen-bond acceptors (Lipinski definition) is 4. The maximum atomic E-state index is 13.4. The average molecular weight is 413 g/mol. The molecule has 1 aliphatic carbocycles. The molecule has 30 heavy (non-hydrogen) atoms. The molecule has 5 nitrogen and oxygen atoms in total. The zero-order valence-corrected chi connectivity index (χ0v) is 17.1. The molecule has 2 aromatic heterocycles. The summed E-state index contributed by atoms with van der Waals surface area (Å²) in [6.07, 6.45) is 4.25. The predicted octanol–water partition coefficient (Wildman–Crippen LogP) is 5.66. The van der Waals surface area contributed by atoms with Crippen molar-refractivity contribution in [2.45, 2.75) is 51.1 Å². The topological polar surface area (TPSA) is 60.0 Å². The highest BCUT2D eigenvalue weighted by atomic mass is 19.3. The minimum Gasteiger partial charge on any atom is -0.496 e. The second kappa shape index (κ2) is 8.42. The molecule has 2 heterocycles. The van der Waals surface area contributed by atoms with Crippen molar-refractivity contribution >= 4 is 0 Å². The fraction of sp³-hybridized carbons (Fsp3) is 0.391. The molecule has 0 amide bonds. The van der Waals surface area contributed by atoms with E-state index >= 15 is 0 Å². The van der Waals surface area contributed by atoms with Gasteiger partial charge in [0.25, 0.3) is 0 Å². The van der Waals surface area contributed by atoms with E-state index in [1.54, 1.807) is 19.5 Å². The van der Waals surface area contributed by atoms with Crippen LogP contribution in [0.15, 0.2) is 42.7 Å². The van der Waals surface area contributed by atoms with Gasteiger partial charge in [-0.05, 0) is 38.0 Å². The molecule has 0 bridgehead atoms. The third kappa shape index (κ3) is 4.61. The monoisotopic (exact) mass is 413 g/mol. The van der Waals surface area contributed by atoms with Crippen molar-refractivity contribution in [1.29, 1.82) is 0 Å². The predicted molar refractivity (Wildman–Crippen MR) is 110 cm³/mol. The lowest BCUT2D eigenvalue weighted by Crippen LogP contribution is -2.24. The summed E-state index contributed by atoms with van der Waals surface area (Å²) in [5.74, 6) is -0.408. The molecule has 1 aromatic carbocycles. The Kier molecular flexibility index (Phi) is 5.70. The highest BCUT2D eigenvalue weighted by Gasteiger charge is 2.36. The number of benzene rings is 1. The van der Waals surface area contributed by atoms with Gasteiger partial charge in [-0.15, -0.1) is 0 Å². The number of nitrogens with one attached hydrogen (secondary N) is 1. The van der Waals surface area contributed by atoms with Gasteiger partial charge in [0.15, 0.2) is 0 Å². The maximum Gasteiger partial charge on any atom is 0.248 e. The van der Waals surface area contributed by atoms with Gasteiger partial charge in [0.1, 0.15) is 23.9 Å². The van der Waals surface area contributed by atoms with E-state index < -0.39 is 5.92 Å². The molecule has 1 fully saturated rings. The number of nitrogens with zero attached hydrogens (tertiary/aromatic N) is 2. The minimum absolute atomic E-state index is 0.0371. The summed E-state index contributed by atoms with van der Waals surface area (Å²) >= 11 is 0. The molecule has 0 radical (unpaired) electrons. The van der Waals surface area contributed by atoms with E-state index in [0.717, 1.165) is 28.3 Å². The summed E-state index contributed by atoms with van der Waals surface area (Å²) in [5.41, 5.74) is 3.60. The van der Waals surface area contributed by atoms with Gasteiger partial charge in [0.05, 0.1) is 19.0 Å². The summed E-state index contributed by atoms with van der Waals surface area (Å²) in [6.45, 7) is 2.36. The van der Waals surface area contributed by atoms with E-state index in [0.29, 0.717) is 30.9 Å². The fourth-order valence-electron chi connectivity index (χ4n) is 3.73. The first-order valence-corrected chi connectivity index (χ1v) is 10.1. The zero-order valence-electron chi connectivity index (χ0n) is 17.1. The van der Waals surface area contributed by atoms with E-state index in [1.165, 1.54) is 0 Å². The quantitative estimate of drug-likeness (QED) is 0.566. The van der Waals surface area contributed by atoms with E-state index in [2.05, 4.69) is 15.0 Å². The molecule has 0 unspecified atom stereocenters. The maximum absolute atomic E-state index is 13.4. The molecule has 0 atom stereocenters. The smallest absolute Gasteiger partial charge is 0.248 e. The number of methoxy groups -OCH3 is 1. The van der Waals surface area contributed by atoms with Crippen molar-refractivity contribution in [2.24, 2.45) is 0 Å². The van der Waals surface area contributed by atoms with Gasteiger partial charge < -0.3 is 14.5 Å². The van der Waals surface area contributed by atoms with Crippen LogP contribution in [0.1, 0.15) is 48.7 Å². The number of ether oxygens (including phenoxy) is 2. The normalized spacial score (nSPS) is 16.4. The molecule has 158 valence electrons. The van der Waals surface area contributed by atoms with Crippen molar-refractivity contribution in [2.75, 3.05) is 7.11 Å². The Morgan fingerprint density at radius 3 is 2.60 bits per heavy atom. The van der Waals surface area contributed by atoms with Crippen LogP contribution in [0.3, 0.4) is 0 Å².